The second kappa shape index (κ2) is 7.18. The first kappa shape index (κ1) is 16.7. The Morgan fingerprint density at radius 3 is 2.62 bits per heavy atom. The van der Waals surface area contributed by atoms with Crippen molar-refractivity contribution >= 4 is 33.4 Å². The maximum atomic E-state index is 12.4. The highest BCUT2D eigenvalue weighted by atomic mass is 79.9. The third-order valence-corrected chi connectivity index (χ3v) is 4.88. The molecule has 2 aromatic carbocycles. The van der Waals surface area contributed by atoms with Crippen molar-refractivity contribution in [3.63, 3.8) is 0 Å². The molecule has 2 amide bonds. The average molecular weight is 387 g/mol. The molecule has 1 atom stereocenters. The van der Waals surface area contributed by atoms with Gasteiger partial charge in [-0.05, 0) is 42.3 Å². The summed E-state index contributed by atoms with van der Waals surface area (Å²) in [6.07, 6.45) is 0.260. The fourth-order valence-electron chi connectivity index (χ4n) is 2.89. The normalized spacial score (nSPS) is 17.2. The van der Waals surface area contributed by atoms with Crippen molar-refractivity contribution in [2.75, 3.05) is 11.4 Å². The van der Waals surface area contributed by atoms with E-state index in [0.29, 0.717) is 13.1 Å². The number of nitrogens with zero attached hydrogens (tertiary/aromatic N) is 1. The number of hydrogen-bond acceptors (Lipinski definition) is 2. The van der Waals surface area contributed by atoms with Crippen LogP contribution in [0, 0.1) is 12.8 Å². The predicted octanol–water partition coefficient (Wildman–Crippen LogP) is 3.43. The Balaban J connectivity index is 1.62. The zero-order valence-electron chi connectivity index (χ0n) is 13.5. The molecule has 124 valence electrons. The molecular weight excluding hydrogens is 368 g/mol. The molecule has 1 saturated heterocycles. The van der Waals surface area contributed by atoms with Crippen LogP contribution in [-0.2, 0) is 16.1 Å². The Morgan fingerprint density at radius 2 is 1.92 bits per heavy atom. The van der Waals surface area contributed by atoms with Gasteiger partial charge in [0.05, 0.1) is 5.92 Å². The highest BCUT2D eigenvalue weighted by Gasteiger charge is 2.34. The van der Waals surface area contributed by atoms with Gasteiger partial charge in [-0.15, -0.1) is 0 Å². The summed E-state index contributed by atoms with van der Waals surface area (Å²) in [4.78, 5) is 26.3. The van der Waals surface area contributed by atoms with Gasteiger partial charge in [-0.25, -0.2) is 0 Å². The minimum Gasteiger partial charge on any atom is -0.352 e. The number of carbonyl (C=O) groups excluding carboxylic acids is 2. The monoisotopic (exact) mass is 386 g/mol. The topological polar surface area (TPSA) is 49.4 Å². The molecule has 1 N–H and O–H groups in total. The second-order valence-electron chi connectivity index (χ2n) is 6.03. The summed E-state index contributed by atoms with van der Waals surface area (Å²) in [6, 6.07) is 15.5. The maximum absolute atomic E-state index is 12.4. The van der Waals surface area contributed by atoms with E-state index in [4.69, 9.17) is 0 Å². The number of benzene rings is 2. The lowest BCUT2D eigenvalue weighted by Crippen LogP contribution is -2.32. The van der Waals surface area contributed by atoms with Crippen molar-refractivity contribution < 1.29 is 9.59 Å². The summed E-state index contributed by atoms with van der Waals surface area (Å²) in [5.74, 6) is -0.371. The summed E-state index contributed by atoms with van der Waals surface area (Å²) >= 11 is 3.39. The van der Waals surface area contributed by atoms with Gasteiger partial charge in [-0.2, -0.15) is 0 Å². The largest absolute Gasteiger partial charge is 0.352 e. The van der Waals surface area contributed by atoms with Gasteiger partial charge in [0.1, 0.15) is 0 Å². The molecule has 3 rings (SSSR count). The van der Waals surface area contributed by atoms with Crippen LogP contribution in [0.4, 0.5) is 5.69 Å². The van der Waals surface area contributed by atoms with Crippen LogP contribution in [0.25, 0.3) is 0 Å². The van der Waals surface area contributed by atoms with Crippen molar-refractivity contribution in [2.24, 2.45) is 5.92 Å². The number of amides is 2. The number of halogens is 1. The summed E-state index contributed by atoms with van der Waals surface area (Å²) < 4.78 is 0.963. The minimum atomic E-state index is -0.301. The molecular formula is C19H19BrN2O2. The molecule has 1 heterocycles. The fraction of sp³-hybridized carbons (Fsp3) is 0.263. The Kier molecular flexibility index (Phi) is 5.00. The van der Waals surface area contributed by atoms with E-state index >= 15 is 0 Å². The van der Waals surface area contributed by atoms with Crippen LogP contribution in [0.5, 0.6) is 0 Å². The first-order valence-electron chi connectivity index (χ1n) is 7.93. The molecule has 1 fully saturated rings. The van der Waals surface area contributed by atoms with Crippen LogP contribution in [0.15, 0.2) is 53.0 Å². The van der Waals surface area contributed by atoms with Crippen LogP contribution in [0.3, 0.4) is 0 Å². The number of carbonyl (C=O) groups is 2. The van der Waals surface area contributed by atoms with E-state index in [1.807, 2.05) is 55.5 Å². The minimum absolute atomic E-state index is 0.00614. The van der Waals surface area contributed by atoms with Gasteiger partial charge in [-0.1, -0.05) is 40.2 Å². The van der Waals surface area contributed by atoms with Gasteiger partial charge >= 0.3 is 0 Å². The zero-order chi connectivity index (χ0) is 17.1. The molecule has 2 aromatic rings. The molecule has 0 radical (unpaired) electrons. The van der Waals surface area contributed by atoms with Crippen LogP contribution >= 0.6 is 15.9 Å². The van der Waals surface area contributed by atoms with E-state index in [9.17, 15) is 9.59 Å². The van der Waals surface area contributed by atoms with Gasteiger partial charge in [0.15, 0.2) is 0 Å². The molecule has 0 saturated carbocycles. The van der Waals surface area contributed by atoms with Crippen LogP contribution in [0.1, 0.15) is 17.5 Å². The molecule has 0 aliphatic carbocycles. The zero-order valence-corrected chi connectivity index (χ0v) is 15.0. The third-order valence-electron chi connectivity index (χ3n) is 4.35. The highest BCUT2D eigenvalue weighted by Crippen LogP contribution is 2.26. The van der Waals surface area contributed by atoms with Crippen LogP contribution in [0.2, 0.25) is 0 Å². The molecule has 1 aliphatic heterocycles. The first-order chi connectivity index (χ1) is 11.5. The lowest BCUT2D eigenvalue weighted by atomic mass is 10.1. The van der Waals surface area contributed by atoms with Crippen molar-refractivity contribution in [2.45, 2.75) is 19.9 Å². The summed E-state index contributed by atoms with van der Waals surface area (Å²) in [5, 5.41) is 2.96. The molecule has 5 heteroatoms. The SMILES string of the molecule is Cc1ccccc1CNC(=O)[C@H]1CC(=O)N(c2ccc(Br)cc2)C1. The van der Waals surface area contributed by atoms with Gasteiger partial charge in [0.2, 0.25) is 11.8 Å². The van der Waals surface area contributed by atoms with E-state index in [0.717, 1.165) is 21.3 Å². The Hall–Kier alpha value is -2.14. The van der Waals surface area contributed by atoms with E-state index < -0.39 is 0 Å². The maximum Gasteiger partial charge on any atom is 0.227 e. The Morgan fingerprint density at radius 1 is 1.21 bits per heavy atom. The number of hydrogen-bond donors (Lipinski definition) is 1. The van der Waals surface area contributed by atoms with Crippen molar-refractivity contribution in [3.8, 4) is 0 Å². The number of nitrogens with one attached hydrogen (secondary N) is 1. The summed E-state index contributed by atoms with van der Waals surface area (Å²) in [5.41, 5.74) is 3.08. The molecule has 0 bridgehead atoms. The van der Waals surface area contributed by atoms with E-state index in [-0.39, 0.29) is 24.2 Å². The molecule has 1 aliphatic rings. The second-order valence-corrected chi connectivity index (χ2v) is 6.94. The van der Waals surface area contributed by atoms with Crippen LogP contribution in [-0.4, -0.2) is 18.4 Å². The average Bonchev–Trinajstić information content (AvgIpc) is 2.96. The lowest BCUT2D eigenvalue weighted by molar-refractivity contribution is -0.126. The Bertz CT molecular complexity index is 758. The number of aryl methyl sites for hydroxylation is 1. The van der Waals surface area contributed by atoms with E-state index in [1.54, 1.807) is 4.90 Å². The van der Waals surface area contributed by atoms with E-state index in [2.05, 4.69) is 21.2 Å². The Labute approximate surface area is 150 Å². The molecule has 4 nitrogen and oxygen atoms in total. The van der Waals surface area contributed by atoms with E-state index in [1.165, 1.54) is 0 Å². The summed E-state index contributed by atoms with van der Waals surface area (Å²) in [6.45, 7) is 2.95. The highest BCUT2D eigenvalue weighted by molar-refractivity contribution is 9.10. The van der Waals surface area contributed by atoms with Gasteiger partial charge < -0.3 is 10.2 Å². The fourth-order valence-corrected chi connectivity index (χ4v) is 3.15. The van der Waals surface area contributed by atoms with Gasteiger partial charge in [-0.3, -0.25) is 9.59 Å². The molecule has 0 unspecified atom stereocenters. The molecule has 24 heavy (non-hydrogen) atoms. The van der Waals surface area contributed by atoms with Crippen molar-refractivity contribution in [3.05, 3.63) is 64.1 Å². The van der Waals surface area contributed by atoms with Crippen LogP contribution < -0.4 is 10.2 Å². The molecule has 0 aromatic heterocycles. The predicted molar refractivity (Wildman–Crippen MR) is 97.6 cm³/mol. The van der Waals surface area contributed by atoms with Crippen molar-refractivity contribution in [1.29, 1.82) is 0 Å². The standard InChI is InChI=1S/C19H19BrN2O2/c1-13-4-2-3-5-14(13)11-21-19(24)15-10-18(23)22(12-15)17-8-6-16(20)7-9-17/h2-9,15H,10-12H2,1H3,(H,21,24)/t15-/m0/s1. The van der Waals surface area contributed by atoms with Gasteiger partial charge in [0.25, 0.3) is 0 Å². The molecule has 0 spiro atoms. The smallest absolute Gasteiger partial charge is 0.227 e. The quantitative estimate of drug-likeness (QED) is 0.874. The third kappa shape index (κ3) is 3.67. The summed E-state index contributed by atoms with van der Waals surface area (Å²) in [7, 11) is 0. The van der Waals surface area contributed by atoms with Gasteiger partial charge in [0, 0.05) is 29.7 Å². The number of anilines is 1. The lowest BCUT2D eigenvalue weighted by Gasteiger charge is -2.17. The first-order valence-corrected chi connectivity index (χ1v) is 8.72. The van der Waals surface area contributed by atoms with Crippen molar-refractivity contribution in [1.82, 2.24) is 5.32 Å². The number of rotatable bonds is 4.